The second-order valence-electron chi connectivity index (χ2n) is 5.26. The molecule has 1 aromatic carbocycles. The van der Waals surface area contributed by atoms with Crippen LogP contribution >= 0.6 is 0 Å². The van der Waals surface area contributed by atoms with Gasteiger partial charge in [-0.2, -0.15) is 0 Å². The number of carbonyl (C=O) groups is 1. The van der Waals surface area contributed by atoms with Crippen LogP contribution in [-0.4, -0.2) is 25.5 Å². The fraction of sp³-hybridized carbons (Fsp3) is 0.500. The number of carboxylic acids is 1. The molecular formula is C14H18FNO4S. The van der Waals surface area contributed by atoms with Gasteiger partial charge in [0.1, 0.15) is 10.7 Å². The lowest BCUT2D eigenvalue weighted by Crippen LogP contribution is -2.34. The van der Waals surface area contributed by atoms with E-state index in [4.69, 9.17) is 5.11 Å². The third kappa shape index (κ3) is 4.01. The number of sulfonamides is 1. The molecule has 0 spiro atoms. The molecule has 0 atom stereocenters. The molecule has 0 aromatic heterocycles. The van der Waals surface area contributed by atoms with Crippen LogP contribution in [0.4, 0.5) is 4.39 Å². The molecule has 2 rings (SSSR count). The van der Waals surface area contributed by atoms with Crippen molar-refractivity contribution >= 4 is 16.0 Å². The van der Waals surface area contributed by atoms with Crippen molar-refractivity contribution in [2.45, 2.75) is 49.5 Å². The number of hydrogen-bond acceptors (Lipinski definition) is 3. The summed E-state index contributed by atoms with van der Waals surface area (Å²) in [6.45, 7) is 0. The van der Waals surface area contributed by atoms with Crippen molar-refractivity contribution < 1.29 is 22.7 Å². The Morgan fingerprint density at radius 2 is 1.81 bits per heavy atom. The van der Waals surface area contributed by atoms with Crippen LogP contribution in [0.15, 0.2) is 23.1 Å². The van der Waals surface area contributed by atoms with Gasteiger partial charge in [-0.15, -0.1) is 0 Å². The Morgan fingerprint density at radius 3 is 2.33 bits per heavy atom. The van der Waals surface area contributed by atoms with E-state index in [9.17, 15) is 17.6 Å². The standard InChI is InChI=1S/C14H18FNO4S/c15-12-9-10(14(17)18)7-8-13(12)21(19,20)16-11-5-3-1-2-4-6-11/h7-9,11,16H,1-6H2,(H,17,18). The Balaban J connectivity index is 2.20. The van der Waals surface area contributed by atoms with Crippen LogP contribution in [0.5, 0.6) is 0 Å². The predicted octanol–water partition coefficient (Wildman–Crippen LogP) is 2.53. The topological polar surface area (TPSA) is 83.5 Å². The van der Waals surface area contributed by atoms with Gasteiger partial charge in [-0.05, 0) is 31.0 Å². The SMILES string of the molecule is O=C(O)c1ccc(S(=O)(=O)NC2CCCCCC2)c(F)c1. The maximum Gasteiger partial charge on any atom is 0.335 e. The molecule has 0 saturated heterocycles. The van der Waals surface area contributed by atoms with E-state index in [1.54, 1.807) is 0 Å². The molecule has 0 amide bonds. The fourth-order valence-corrected chi connectivity index (χ4v) is 3.90. The largest absolute Gasteiger partial charge is 0.478 e. The number of benzene rings is 1. The molecule has 1 aliphatic rings. The average Bonchev–Trinajstić information content (AvgIpc) is 2.66. The summed E-state index contributed by atoms with van der Waals surface area (Å²) in [4.78, 5) is 10.2. The summed E-state index contributed by atoms with van der Waals surface area (Å²) < 4.78 is 40.8. The quantitative estimate of drug-likeness (QED) is 0.836. The van der Waals surface area contributed by atoms with Gasteiger partial charge in [-0.1, -0.05) is 25.7 Å². The molecule has 5 nitrogen and oxygen atoms in total. The molecule has 116 valence electrons. The molecule has 7 heteroatoms. The van der Waals surface area contributed by atoms with Gasteiger partial charge in [0.15, 0.2) is 0 Å². The van der Waals surface area contributed by atoms with Crippen molar-refractivity contribution in [3.8, 4) is 0 Å². The summed E-state index contributed by atoms with van der Waals surface area (Å²) in [6.07, 6.45) is 5.56. The van der Waals surface area contributed by atoms with Gasteiger partial charge in [0.25, 0.3) is 0 Å². The Kier molecular flexibility index (Phi) is 4.95. The van der Waals surface area contributed by atoms with Crippen LogP contribution in [0.25, 0.3) is 0 Å². The number of carboxylic acid groups (broad SMARTS) is 1. The summed E-state index contributed by atoms with van der Waals surface area (Å²) in [5.41, 5.74) is -0.277. The van der Waals surface area contributed by atoms with Crippen LogP contribution in [0, 0.1) is 5.82 Å². The van der Waals surface area contributed by atoms with Crippen molar-refractivity contribution in [2.75, 3.05) is 0 Å². The first-order valence-electron chi connectivity index (χ1n) is 6.95. The lowest BCUT2D eigenvalue weighted by molar-refractivity contribution is 0.0696. The van der Waals surface area contributed by atoms with E-state index in [1.807, 2.05) is 0 Å². The van der Waals surface area contributed by atoms with Gasteiger partial charge in [0.2, 0.25) is 10.0 Å². The van der Waals surface area contributed by atoms with Crippen LogP contribution in [0.1, 0.15) is 48.9 Å². The van der Waals surface area contributed by atoms with E-state index < -0.39 is 26.7 Å². The minimum absolute atomic E-state index is 0.184. The molecule has 0 heterocycles. The minimum atomic E-state index is -3.97. The lowest BCUT2D eigenvalue weighted by Gasteiger charge is -2.16. The number of aromatic carboxylic acids is 1. The summed E-state index contributed by atoms with van der Waals surface area (Å²) in [5.74, 6) is -2.34. The summed E-state index contributed by atoms with van der Waals surface area (Å²) in [7, 11) is -3.97. The average molecular weight is 315 g/mol. The van der Waals surface area contributed by atoms with E-state index in [0.29, 0.717) is 0 Å². The molecule has 0 aliphatic heterocycles. The minimum Gasteiger partial charge on any atom is -0.478 e. The summed E-state index contributed by atoms with van der Waals surface area (Å²) in [5, 5.41) is 8.76. The molecule has 1 saturated carbocycles. The van der Waals surface area contributed by atoms with Gasteiger partial charge < -0.3 is 5.11 Å². The second-order valence-corrected chi connectivity index (χ2v) is 6.94. The first-order chi connectivity index (χ1) is 9.90. The number of nitrogens with one attached hydrogen (secondary N) is 1. The fourth-order valence-electron chi connectivity index (χ4n) is 2.53. The van der Waals surface area contributed by atoms with E-state index in [2.05, 4.69) is 4.72 Å². The Hall–Kier alpha value is -1.47. The normalized spacial score (nSPS) is 17.4. The van der Waals surface area contributed by atoms with Crippen molar-refractivity contribution in [3.63, 3.8) is 0 Å². The van der Waals surface area contributed by atoms with E-state index in [1.165, 1.54) is 0 Å². The highest BCUT2D eigenvalue weighted by molar-refractivity contribution is 7.89. The van der Waals surface area contributed by atoms with Gasteiger partial charge in [0, 0.05) is 6.04 Å². The smallest absolute Gasteiger partial charge is 0.335 e. The molecule has 21 heavy (non-hydrogen) atoms. The molecule has 2 N–H and O–H groups in total. The maximum absolute atomic E-state index is 13.9. The Labute approximate surface area is 123 Å². The lowest BCUT2D eigenvalue weighted by atomic mass is 10.1. The molecule has 0 bridgehead atoms. The zero-order valence-electron chi connectivity index (χ0n) is 11.5. The maximum atomic E-state index is 13.9. The zero-order chi connectivity index (χ0) is 15.5. The molecule has 0 radical (unpaired) electrons. The molecule has 0 unspecified atom stereocenters. The van der Waals surface area contributed by atoms with Gasteiger partial charge in [-0.3, -0.25) is 0 Å². The number of hydrogen-bond donors (Lipinski definition) is 2. The highest BCUT2D eigenvalue weighted by atomic mass is 32.2. The van der Waals surface area contributed by atoms with Crippen molar-refractivity contribution in [3.05, 3.63) is 29.6 Å². The number of halogens is 1. The zero-order valence-corrected chi connectivity index (χ0v) is 12.3. The number of rotatable bonds is 4. The molecular weight excluding hydrogens is 297 g/mol. The van der Waals surface area contributed by atoms with Gasteiger partial charge in [0.05, 0.1) is 5.56 Å². The van der Waals surface area contributed by atoms with Gasteiger partial charge in [-0.25, -0.2) is 22.3 Å². The Bertz CT molecular complexity index is 622. The summed E-state index contributed by atoms with van der Waals surface area (Å²) in [6, 6.07) is 2.63. The van der Waals surface area contributed by atoms with Crippen LogP contribution in [-0.2, 0) is 10.0 Å². The monoisotopic (exact) mass is 315 g/mol. The van der Waals surface area contributed by atoms with E-state index in [0.717, 1.165) is 56.7 Å². The van der Waals surface area contributed by atoms with Crippen molar-refractivity contribution in [2.24, 2.45) is 0 Å². The van der Waals surface area contributed by atoms with Crippen molar-refractivity contribution in [1.29, 1.82) is 0 Å². The third-order valence-electron chi connectivity index (χ3n) is 3.65. The second kappa shape index (κ2) is 6.53. The van der Waals surface area contributed by atoms with Crippen LogP contribution in [0.3, 0.4) is 0 Å². The molecule has 1 fully saturated rings. The first kappa shape index (κ1) is 15.9. The molecule has 1 aromatic rings. The highest BCUT2D eigenvalue weighted by Gasteiger charge is 2.24. The van der Waals surface area contributed by atoms with Crippen LogP contribution < -0.4 is 4.72 Å². The van der Waals surface area contributed by atoms with E-state index in [-0.39, 0.29) is 11.6 Å². The Morgan fingerprint density at radius 1 is 1.19 bits per heavy atom. The highest BCUT2D eigenvalue weighted by Crippen LogP contribution is 2.21. The van der Waals surface area contributed by atoms with Crippen molar-refractivity contribution in [1.82, 2.24) is 4.72 Å². The van der Waals surface area contributed by atoms with Gasteiger partial charge >= 0.3 is 5.97 Å². The predicted molar refractivity (Wildman–Crippen MR) is 75.2 cm³/mol. The third-order valence-corrected chi connectivity index (χ3v) is 5.20. The first-order valence-corrected chi connectivity index (χ1v) is 8.43. The van der Waals surface area contributed by atoms with E-state index >= 15 is 0 Å². The molecule has 1 aliphatic carbocycles. The van der Waals surface area contributed by atoms with Crippen LogP contribution in [0.2, 0.25) is 0 Å². The summed E-state index contributed by atoms with van der Waals surface area (Å²) >= 11 is 0.